The summed E-state index contributed by atoms with van der Waals surface area (Å²) in [6, 6.07) is 5.71. The molecule has 1 aromatic heterocycles. The zero-order chi connectivity index (χ0) is 14.2. The molecule has 0 unspecified atom stereocenters. The predicted molar refractivity (Wildman–Crippen MR) is 91.3 cm³/mol. The fourth-order valence-electron chi connectivity index (χ4n) is 1.67. The fraction of sp³-hybridized carbons (Fsp3) is 0.154. The fourth-order valence-corrected chi connectivity index (χ4v) is 3.83. The molecule has 2 aromatic rings. The number of amides is 1. The average molecular weight is 468 g/mol. The van der Waals surface area contributed by atoms with Crippen molar-refractivity contribution < 1.29 is 4.79 Å². The average Bonchev–Trinajstić information content (AvgIpc) is 2.66. The summed E-state index contributed by atoms with van der Waals surface area (Å²) in [5, 5.41) is 2.92. The van der Waals surface area contributed by atoms with Gasteiger partial charge in [-0.05, 0) is 75.0 Å². The van der Waals surface area contributed by atoms with Crippen LogP contribution in [0.3, 0.4) is 0 Å². The molecule has 0 aliphatic rings. The van der Waals surface area contributed by atoms with Gasteiger partial charge in [0.05, 0.1) is 8.66 Å². The third kappa shape index (κ3) is 3.48. The van der Waals surface area contributed by atoms with Crippen LogP contribution in [-0.4, -0.2) is 5.91 Å². The van der Waals surface area contributed by atoms with Crippen molar-refractivity contribution in [2.45, 2.75) is 13.8 Å². The first-order valence-electron chi connectivity index (χ1n) is 5.41. The van der Waals surface area contributed by atoms with E-state index in [4.69, 9.17) is 0 Å². The molecular weight excluding hydrogens is 458 g/mol. The number of aryl methyl sites for hydroxylation is 2. The quantitative estimate of drug-likeness (QED) is 0.585. The Morgan fingerprint density at radius 2 is 1.68 bits per heavy atom. The van der Waals surface area contributed by atoms with Gasteiger partial charge in [-0.1, -0.05) is 15.9 Å². The maximum absolute atomic E-state index is 12.1. The first kappa shape index (κ1) is 15.2. The van der Waals surface area contributed by atoms with E-state index < -0.39 is 0 Å². The predicted octanol–water partition coefficient (Wildman–Crippen LogP) is 5.90. The number of nitrogens with one attached hydrogen (secondary N) is 1. The van der Waals surface area contributed by atoms with E-state index in [1.807, 2.05) is 32.0 Å². The molecule has 0 saturated carbocycles. The number of carbonyl (C=O) groups excluding carboxylic acids is 1. The molecule has 0 aliphatic heterocycles. The van der Waals surface area contributed by atoms with Crippen molar-refractivity contribution in [2.75, 3.05) is 5.32 Å². The summed E-state index contributed by atoms with van der Waals surface area (Å²) in [6.07, 6.45) is 0. The molecule has 1 heterocycles. The number of hydrogen-bond donors (Lipinski definition) is 1. The number of anilines is 1. The Morgan fingerprint density at radius 3 is 2.16 bits per heavy atom. The Bertz CT molecular complexity index is 609. The second-order valence-corrected chi connectivity index (χ2v) is 8.13. The SMILES string of the molecule is Cc1cc(NC(=O)c2cc(Br)c(Br)s2)cc(C)c1Br. The minimum Gasteiger partial charge on any atom is -0.321 e. The summed E-state index contributed by atoms with van der Waals surface area (Å²) in [6.45, 7) is 4.01. The Hall–Kier alpha value is -0.170. The number of thiophene rings is 1. The van der Waals surface area contributed by atoms with Gasteiger partial charge in [0.1, 0.15) is 0 Å². The van der Waals surface area contributed by atoms with Crippen molar-refractivity contribution in [1.29, 1.82) is 0 Å². The summed E-state index contributed by atoms with van der Waals surface area (Å²) in [5.74, 6) is -0.0995. The zero-order valence-electron chi connectivity index (χ0n) is 10.2. The van der Waals surface area contributed by atoms with E-state index >= 15 is 0 Å². The lowest BCUT2D eigenvalue weighted by atomic mass is 10.1. The molecule has 1 N–H and O–H groups in total. The highest BCUT2D eigenvalue weighted by molar-refractivity contribution is 9.13. The second-order valence-electron chi connectivity index (χ2n) is 4.11. The van der Waals surface area contributed by atoms with Crippen LogP contribution < -0.4 is 5.32 Å². The van der Waals surface area contributed by atoms with E-state index in [-0.39, 0.29) is 5.91 Å². The van der Waals surface area contributed by atoms with Gasteiger partial charge < -0.3 is 5.32 Å². The Balaban J connectivity index is 2.24. The molecule has 1 aromatic carbocycles. The van der Waals surface area contributed by atoms with Gasteiger partial charge in [0.25, 0.3) is 5.91 Å². The normalized spacial score (nSPS) is 10.6. The summed E-state index contributed by atoms with van der Waals surface area (Å²) >= 11 is 11.7. The molecule has 0 atom stereocenters. The van der Waals surface area contributed by atoms with Crippen molar-refractivity contribution in [2.24, 2.45) is 0 Å². The molecule has 100 valence electrons. The maximum Gasteiger partial charge on any atom is 0.265 e. The Labute approximate surface area is 141 Å². The highest BCUT2D eigenvalue weighted by atomic mass is 79.9. The molecule has 1 amide bonds. The molecule has 2 rings (SSSR count). The van der Waals surface area contributed by atoms with Crippen molar-refractivity contribution in [1.82, 2.24) is 0 Å². The monoisotopic (exact) mass is 465 g/mol. The first-order chi connectivity index (χ1) is 8.88. The summed E-state index contributed by atoms with van der Waals surface area (Å²) in [5.41, 5.74) is 3.01. The van der Waals surface area contributed by atoms with Crippen LogP contribution in [-0.2, 0) is 0 Å². The van der Waals surface area contributed by atoms with Gasteiger partial charge in [0.15, 0.2) is 0 Å². The van der Waals surface area contributed by atoms with Gasteiger partial charge in [-0.15, -0.1) is 11.3 Å². The highest BCUT2D eigenvalue weighted by Crippen LogP contribution is 2.33. The van der Waals surface area contributed by atoms with E-state index in [0.717, 1.165) is 29.5 Å². The van der Waals surface area contributed by atoms with Crippen molar-refractivity contribution in [3.63, 3.8) is 0 Å². The summed E-state index contributed by atoms with van der Waals surface area (Å²) in [4.78, 5) is 12.8. The third-order valence-electron chi connectivity index (χ3n) is 2.56. The molecule has 0 spiro atoms. The van der Waals surface area contributed by atoms with Crippen molar-refractivity contribution in [3.05, 3.63) is 46.9 Å². The highest BCUT2D eigenvalue weighted by Gasteiger charge is 2.13. The molecule has 0 radical (unpaired) electrons. The van der Waals surface area contributed by atoms with Crippen LogP contribution in [0.2, 0.25) is 0 Å². The molecular formula is C13H10Br3NOS. The van der Waals surface area contributed by atoms with Crippen molar-refractivity contribution in [3.8, 4) is 0 Å². The van der Waals surface area contributed by atoms with Gasteiger partial charge in [0, 0.05) is 14.6 Å². The molecule has 0 fully saturated rings. The molecule has 0 aliphatic carbocycles. The van der Waals surface area contributed by atoms with Crippen LogP contribution in [0.25, 0.3) is 0 Å². The largest absolute Gasteiger partial charge is 0.321 e. The van der Waals surface area contributed by atoms with Crippen LogP contribution in [0.15, 0.2) is 30.9 Å². The molecule has 2 nitrogen and oxygen atoms in total. The lowest BCUT2D eigenvalue weighted by molar-refractivity contribution is 0.103. The van der Waals surface area contributed by atoms with E-state index in [0.29, 0.717) is 4.88 Å². The minimum atomic E-state index is -0.0995. The van der Waals surface area contributed by atoms with Crippen LogP contribution in [0.1, 0.15) is 20.8 Å². The number of hydrogen-bond acceptors (Lipinski definition) is 2. The van der Waals surface area contributed by atoms with Gasteiger partial charge in [-0.2, -0.15) is 0 Å². The molecule has 0 bridgehead atoms. The van der Waals surface area contributed by atoms with E-state index in [1.165, 1.54) is 11.3 Å². The lowest BCUT2D eigenvalue weighted by Gasteiger charge is -2.08. The number of halogens is 3. The number of carbonyl (C=O) groups is 1. The van der Waals surface area contributed by atoms with E-state index in [9.17, 15) is 4.79 Å². The van der Waals surface area contributed by atoms with E-state index in [1.54, 1.807) is 0 Å². The topological polar surface area (TPSA) is 29.1 Å². The maximum atomic E-state index is 12.1. The molecule has 19 heavy (non-hydrogen) atoms. The van der Waals surface area contributed by atoms with Crippen LogP contribution in [0, 0.1) is 13.8 Å². The van der Waals surface area contributed by atoms with Crippen LogP contribution in [0.4, 0.5) is 5.69 Å². The Morgan fingerprint density at radius 1 is 1.11 bits per heavy atom. The van der Waals surface area contributed by atoms with Gasteiger partial charge in [0.2, 0.25) is 0 Å². The van der Waals surface area contributed by atoms with Gasteiger partial charge in [-0.3, -0.25) is 4.79 Å². The first-order valence-corrected chi connectivity index (χ1v) is 8.61. The molecule has 0 saturated heterocycles. The minimum absolute atomic E-state index is 0.0995. The third-order valence-corrected chi connectivity index (χ3v) is 7.07. The lowest BCUT2D eigenvalue weighted by Crippen LogP contribution is -2.10. The number of benzene rings is 1. The molecule has 6 heteroatoms. The van der Waals surface area contributed by atoms with E-state index in [2.05, 4.69) is 53.1 Å². The van der Waals surface area contributed by atoms with Crippen LogP contribution >= 0.6 is 59.1 Å². The summed E-state index contributed by atoms with van der Waals surface area (Å²) in [7, 11) is 0. The summed E-state index contributed by atoms with van der Waals surface area (Å²) < 4.78 is 2.89. The van der Waals surface area contributed by atoms with Crippen molar-refractivity contribution >= 4 is 70.7 Å². The van der Waals surface area contributed by atoms with Gasteiger partial charge in [-0.25, -0.2) is 0 Å². The smallest absolute Gasteiger partial charge is 0.265 e. The standard InChI is InChI=1S/C13H10Br3NOS/c1-6-3-8(4-7(2)11(6)15)17-13(18)10-5-9(14)12(16)19-10/h3-5H,1-2H3,(H,17,18). The second kappa shape index (κ2) is 6.08. The zero-order valence-corrected chi connectivity index (χ0v) is 15.8. The van der Waals surface area contributed by atoms with Gasteiger partial charge >= 0.3 is 0 Å². The number of rotatable bonds is 2. The van der Waals surface area contributed by atoms with Crippen LogP contribution in [0.5, 0.6) is 0 Å². The Kier molecular flexibility index (Phi) is 4.87.